The van der Waals surface area contributed by atoms with E-state index in [9.17, 15) is 0 Å². The van der Waals surface area contributed by atoms with Crippen LogP contribution in [0.3, 0.4) is 0 Å². The van der Waals surface area contributed by atoms with E-state index in [2.05, 4.69) is 24.8 Å². The van der Waals surface area contributed by atoms with E-state index in [0.717, 1.165) is 17.0 Å². The molecule has 1 rings (SSSR count). The van der Waals surface area contributed by atoms with Crippen LogP contribution in [0.1, 0.15) is 19.4 Å². The van der Waals surface area contributed by atoms with E-state index in [1.165, 1.54) is 4.90 Å². The molecule has 0 unspecified atom stereocenters. The van der Waals surface area contributed by atoms with E-state index in [1.807, 2.05) is 12.1 Å². The zero-order valence-corrected chi connectivity index (χ0v) is 10.5. The average molecular weight is 240 g/mol. The average Bonchev–Trinajstić information content (AvgIpc) is 2.16. The van der Waals surface area contributed by atoms with Gasteiger partial charge in [0, 0.05) is 21.6 Å². The van der Waals surface area contributed by atoms with Crippen molar-refractivity contribution in [2.24, 2.45) is 0 Å². The fourth-order valence-electron chi connectivity index (χ4n) is 1.31. The minimum atomic E-state index is 0.509. The number of nitrogens with zero attached hydrogens (tertiary/aromatic N) is 1. The van der Waals surface area contributed by atoms with E-state index in [4.69, 9.17) is 18.2 Å². The van der Waals surface area contributed by atoms with Gasteiger partial charge in [-0.2, -0.15) is 0 Å². The molecule has 1 aromatic rings. The van der Waals surface area contributed by atoms with Crippen LogP contribution in [0.4, 0.5) is 0 Å². The lowest BCUT2D eigenvalue weighted by Gasteiger charge is -2.10. The van der Waals surface area contributed by atoms with Crippen LogP contribution in [0.2, 0.25) is 5.02 Å². The fourth-order valence-corrected chi connectivity index (χ4v) is 2.66. The highest BCUT2D eigenvalue weighted by Gasteiger charge is 2.09. The Labute approximate surface area is 101 Å². The van der Waals surface area contributed by atoms with Crippen molar-refractivity contribution in [3.8, 4) is 0 Å². The van der Waals surface area contributed by atoms with Crippen molar-refractivity contribution in [1.29, 1.82) is 0 Å². The number of rotatable bonds is 4. The van der Waals surface area contributed by atoms with Crippen molar-refractivity contribution in [3.05, 3.63) is 40.2 Å². The van der Waals surface area contributed by atoms with Crippen molar-refractivity contribution >= 4 is 23.4 Å². The predicted molar refractivity (Wildman–Crippen MR) is 67.6 cm³/mol. The molecule has 0 bridgehead atoms. The van der Waals surface area contributed by atoms with Crippen LogP contribution in [0.15, 0.2) is 23.1 Å². The molecule has 0 saturated heterocycles. The number of hydrogen-bond acceptors (Lipinski definition) is 1. The molecule has 0 spiro atoms. The maximum absolute atomic E-state index is 6.81. The van der Waals surface area contributed by atoms with Gasteiger partial charge < -0.3 is 4.85 Å². The molecule has 80 valence electrons. The monoisotopic (exact) mass is 239 g/mol. The zero-order chi connectivity index (χ0) is 11.3. The smallest absolute Gasteiger partial charge is 0.218 e. The van der Waals surface area contributed by atoms with Gasteiger partial charge in [0.2, 0.25) is 6.54 Å². The van der Waals surface area contributed by atoms with Crippen molar-refractivity contribution in [2.75, 3.05) is 6.54 Å². The van der Waals surface area contributed by atoms with Crippen LogP contribution in [0.5, 0.6) is 0 Å². The second-order valence-corrected chi connectivity index (χ2v) is 5.54. The first-order valence-corrected chi connectivity index (χ1v) is 6.18. The van der Waals surface area contributed by atoms with Gasteiger partial charge in [-0.05, 0) is 17.7 Å². The summed E-state index contributed by atoms with van der Waals surface area (Å²) in [5, 5.41) is 1.32. The summed E-state index contributed by atoms with van der Waals surface area (Å²) in [7, 11) is 0. The molecule has 15 heavy (non-hydrogen) atoms. The molecule has 0 aromatic heterocycles. The molecule has 0 aliphatic carbocycles. The minimum Gasteiger partial charge on any atom is -0.317 e. The first-order chi connectivity index (χ1) is 7.15. The molecule has 0 N–H and O–H groups in total. The zero-order valence-electron chi connectivity index (χ0n) is 8.96. The van der Waals surface area contributed by atoms with Crippen LogP contribution < -0.4 is 0 Å². The quantitative estimate of drug-likeness (QED) is 0.560. The van der Waals surface area contributed by atoms with Gasteiger partial charge in [0.05, 0.1) is 0 Å². The summed E-state index contributed by atoms with van der Waals surface area (Å²) in [5.41, 5.74) is 1.12. The highest BCUT2D eigenvalue weighted by Crippen LogP contribution is 2.31. The summed E-state index contributed by atoms with van der Waals surface area (Å²) in [6, 6.07) is 5.94. The Bertz CT molecular complexity index is 368. The molecule has 1 nitrogen and oxygen atoms in total. The molecule has 0 aliphatic heterocycles. The molecule has 0 fully saturated rings. The van der Waals surface area contributed by atoms with Crippen molar-refractivity contribution in [3.63, 3.8) is 0 Å². The number of thioether (sulfide) groups is 1. The number of hydrogen-bond donors (Lipinski definition) is 0. The van der Waals surface area contributed by atoms with Crippen LogP contribution in [-0.4, -0.2) is 11.8 Å². The van der Waals surface area contributed by atoms with Crippen LogP contribution in [-0.2, 0) is 6.42 Å². The maximum Gasteiger partial charge on any atom is 0.218 e. The summed E-state index contributed by atoms with van der Waals surface area (Å²) in [4.78, 5) is 4.58. The number of halogens is 1. The van der Waals surface area contributed by atoms with Crippen LogP contribution in [0, 0.1) is 6.57 Å². The lowest BCUT2D eigenvalue weighted by molar-refractivity contribution is 1.03. The van der Waals surface area contributed by atoms with Crippen molar-refractivity contribution in [2.45, 2.75) is 30.4 Å². The van der Waals surface area contributed by atoms with Gasteiger partial charge in [-0.1, -0.05) is 31.5 Å². The summed E-state index contributed by atoms with van der Waals surface area (Å²) in [6.45, 7) is 11.6. The second kappa shape index (κ2) is 6.05. The Kier molecular flexibility index (Phi) is 5.01. The molecule has 0 amide bonds. The standard InChI is InChI=1S/C12H14ClNS/c1-9(2)15-12-6-4-5-11(13)10(12)7-8-14-3/h4-6,9H,7-8H2,1-2H3. The topological polar surface area (TPSA) is 4.36 Å². The molecule has 0 aliphatic rings. The van der Waals surface area contributed by atoms with Gasteiger partial charge in [-0.15, -0.1) is 11.8 Å². The highest BCUT2D eigenvalue weighted by molar-refractivity contribution is 8.00. The van der Waals surface area contributed by atoms with E-state index >= 15 is 0 Å². The number of benzene rings is 1. The van der Waals surface area contributed by atoms with Crippen molar-refractivity contribution in [1.82, 2.24) is 0 Å². The van der Waals surface area contributed by atoms with E-state index in [0.29, 0.717) is 11.8 Å². The van der Waals surface area contributed by atoms with Crippen LogP contribution >= 0.6 is 23.4 Å². The Balaban J connectivity index is 2.93. The van der Waals surface area contributed by atoms with Crippen LogP contribution in [0.25, 0.3) is 4.85 Å². The first-order valence-electron chi connectivity index (χ1n) is 4.92. The molecule has 0 saturated carbocycles. The van der Waals surface area contributed by atoms with Crippen molar-refractivity contribution < 1.29 is 0 Å². The largest absolute Gasteiger partial charge is 0.317 e. The molecule has 3 heteroatoms. The van der Waals surface area contributed by atoms with Gasteiger partial charge in [-0.25, -0.2) is 6.57 Å². The van der Waals surface area contributed by atoms with E-state index < -0.39 is 0 Å². The van der Waals surface area contributed by atoms with Gasteiger partial charge in [-0.3, -0.25) is 0 Å². The summed E-state index contributed by atoms with van der Waals surface area (Å²) >= 11 is 7.93. The molecule has 0 heterocycles. The second-order valence-electron chi connectivity index (χ2n) is 3.51. The SMILES string of the molecule is [C-]#[N+]CCc1c(Cl)cccc1SC(C)C. The minimum absolute atomic E-state index is 0.509. The fraction of sp³-hybridized carbons (Fsp3) is 0.417. The molecule has 1 aromatic carbocycles. The molecular weight excluding hydrogens is 226 g/mol. The Morgan fingerprint density at radius 1 is 1.47 bits per heavy atom. The lowest BCUT2D eigenvalue weighted by Crippen LogP contribution is -1.95. The predicted octanol–water partition coefficient (Wildman–Crippen LogP) is 4.30. The third-order valence-corrected chi connectivity index (χ3v) is 3.37. The van der Waals surface area contributed by atoms with Gasteiger partial charge in [0.15, 0.2) is 0 Å². The Morgan fingerprint density at radius 3 is 2.80 bits per heavy atom. The summed E-state index contributed by atoms with van der Waals surface area (Å²) < 4.78 is 0. The summed E-state index contributed by atoms with van der Waals surface area (Å²) in [5.74, 6) is 0. The lowest BCUT2D eigenvalue weighted by atomic mass is 10.1. The normalized spacial score (nSPS) is 10.3. The third-order valence-electron chi connectivity index (χ3n) is 1.91. The molecular formula is C12H14ClNS. The maximum atomic E-state index is 6.81. The Morgan fingerprint density at radius 2 is 2.20 bits per heavy atom. The summed E-state index contributed by atoms with van der Waals surface area (Å²) in [6.07, 6.45) is 0.748. The van der Waals surface area contributed by atoms with Gasteiger partial charge in [0.25, 0.3) is 0 Å². The first kappa shape index (κ1) is 12.4. The molecule has 0 radical (unpaired) electrons. The highest BCUT2D eigenvalue weighted by atomic mass is 35.5. The van der Waals surface area contributed by atoms with E-state index in [1.54, 1.807) is 11.8 Å². The van der Waals surface area contributed by atoms with E-state index in [-0.39, 0.29) is 0 Å². The third kappa shape index (κ3) is 3.77. The van der Waals surface area contributed by atoms with Gasteiger partial charge >= 0.3 is 0 Å². The van der Waals surface area contributed by atoms with Gasteiger partial charge in [0.1, 0.15) is 0 Å². The molecule has 0 atom stereocenters. The Hall–Kier alpha value is -0.650.